The van der Waals surface area contributed by atoms with Gasteiger partial charge < -0.3 is 5.11 Å². The zero-order chi connectivity index (χ0) is 15.0. The Kier molecular flexibility index (Phi) is 7.96. The second-order valence-electron chi connectivity index (χ2n) is 6.62. The lowest BCUT2D eigenvalue weighted by Gasteiger charge is -2.28. The van der Waals surface area contributed by atoms with Crippen molar-refractivity contribution in [3.63, 3.8) is 0 Å². The number of unbranched alkanes of at least 4 members (excludes halogenated alkanes) is 1. The van der Waals surface area contributed by atoms with Crippen molar-refractivity contribution in [3.8, 4) is 0 Å². The second-order valence-corrected chi connectivity index (χ2v) is 7.77. The number of rotatable bonds is 10. The summed E-state index contributed by atoms with van der Waals surface area (Å²) >= 11 is 2.06. The van der Waals surface area contributed by atoms with Crippen molar-refractivity contribution >= 4 is 17.7 Å². The van der Waals surface area contributed by atoms with Gasteiger partial charge in [0, 0.05) is 6.04 Å². The Morgan fingerprint density at radius 3 is 2.55 bits per heavy atom. The molecule has 0 radical (unpaired) electrons. The van der Waals surface area contributed by atoms with E-state index < -0.39 is 11.5 Å². The van der Waals surface area contributed by atoms with Crippen molar-refractivity contribution < 1.29 is 9.90 Å². The number of hydrogen-bond donors (Lipinski definition) is 2. The third kappa shape index (κ3) is 6.49. The minimum Gasteiger partial charge on any atom is -0.480 e. The molecule has 3 nitrogen and oxygen atoms in total. The van der Waals surface area contributed by atoms with Crippen molar-refractivity contribution in [3.05, 3.63) is 0 Å². The predicted octanol–water partition coefficient (Wildman–Crippen LogP) is 3.92. The van der Waals surface area contributed by atoms with Gasteiger partial charge in [-0.25, -0.2) is 0 Å². The summed E-state index contributed by atoms with van der Waals surface area (Å²) < 4.78 is 0. The number of carboxylic acid groups (broad SMARTS) is 1. The van der Waals surface area contributed by atoms with Crippen LogP contribution in [0.15, 0.2) is 0 Å². The average Bonchev–Trinajstić information content (AvgIpc) is 2.85. The maximum Gasteiger partial charge on any atom is 0.323 e. The molecule has 1 aliphatic carbocycles. The van der Waals surface area contributed by atoms with Gasteiger partial charge >= 0.3 is 5.97 Å². The van der Waals surface area contributed by atoms with Crippen molar-refractivity contribution in [2.75, 3.05) is 11.5 Å². The van der Waals surface area contributed by atoms with Crippen molar-refractivity contribution in [2.45, 2.75) is 77.3 Å². The Labute approximate surface area is 128 Å². The lowest BCUT2D eigenvalue weighted by atomic mass is 9.94. The maximum absolute atomic E-state index is 11.4. The molecule has 0 heterocycles. The quantitative estimate of drug-likeness (QED) is 0.600. The molecular formula is C16H31NO2S. The van der Waals surface area contributed by atoms with Crippen LogP contribution in [0.5, 0.6) is 0 Å². The summed E-state index contributed by atoms with van der Waals surface area (Å²) in [5.41, 5.74) is -0.774. The normalized spacial score (nSPS) is 19.4. The van der Waals surface area contributed by atoms with E-state index in [1.54, 1.807) is 6.92 Å². The summed E-state index contributed by atoms with van der Waals surface area (Å²) in [5.74, 6) is 2.70. The molecule has 0 aromatic rings. The summed E-state index contributed by atoms with van der Waals surface area (Å²) in [6.07, 6.45) is 8.50. The van der Waals surface area contributed by atoms with E-state index in [1.807, 2.05) is 13.8 Å². The first-order chi connectivity index (χ1) is 9.44. The molecule has 1 rings (SSSR count). The number of aliphatic carboxylic acids is 1. The average molecular weight is 301 g/mol. The molecular weight excluding hydrogens is 270 g/mol. The van der Waals surface area contributed by atoms with E-state index in [9.17, 15) is 9.90 Å². The van der Waals surface area contributed by atoms with Crippen LogP contribution in [-0.4, -0.2) is 34.2 Å². The van der Waals surface area contributed by atoms with Crippen LogP contribution in [0.3, 0.4) is 0 Å². The molecule has 0 spiro atoms. The van der Waals surface area contributed by atoms with Crippen LogP contribution >= 0.6 is 11.8 Å². The number of carbonyl (C=O) groups is 1. The molecule has 2 N–H and O–H groups in total. The van der Waals surface area contributed by atoms with Gasteiger partial charge in [-0.1, -0.05) is 19.3 Å². The van der Waals surface area contributed by atoms with Crippen LogP contribution < -0.4 is 5.32 Å². The Morgan fingerprint density at radius 2 is 2.00 bits per heavy atom. The van der Waals surface area contributed by atoms with Gasteiger partial charge in [0.1, 0.15) is 5.54 Å². The summed E-state index contributed by atoms with van der Waals surface area (Å²) in [5, 5.41) is 12.5. The zero-order valence-electron chi connectivity index (χ0n) is 13.3. The molecule has 1 saturated carbocycles. The second kappa shape index (κ2) is 8.93. The van der Waals surface area contributed by atoms with Gasteiger partial charge in [-0.15, -0.1) is 0 Å². The predicted molar refractivity (Wildman–Crippen MR) is 87.4 cm³/mol. The molecule has 1 unspecified atom stereocenters. The highest BCUT2D eigenvalue weighted by molar-refractivity contribution is 7.99. The van der Waals surface area contributed by atoms with E-state index in [0.717, 1.165) is 18.8 Å². The standard InChI is InChI=1S/C16H31NO2S/c1-13(2)17-16(3,15(18)19)10-6-7-11-20-12-14-8-4-5-9-14/h13-14,17H,4-12H2,1-3H3,(H,18,19). The van der Waals surface area contributed by atoms with Crippen LogP contribution in [0.1, 0.15) is 65.7 Å². The summed E-state index contributed by atoms with van der Waals surface area (Å²) in [6.45, 7) is 5.80. The molecule has 0 bridgehead atoms. The summed E-state index contributed by atoms with van der Waals surface area (Å²) in [6, 6.07) is 0.202. The van der Waals surface area contributed by atoms with Crippen LogP contribution in [0.2, 0.25) is 0 Å². The zero-order valence-corrected chi connectivity index (χ0v) is 14.1. The third-order valence-corrected chi connectivity index (χ3v) is 5.41. The lowest BCUT2D eigenvalue weighted by molar-refractivity contribution is -0.144. The van der Waals surface area contributed by atoms with Crippen LogP contribution in [-0.2, 0) is 4.79 Å². The van der Waals surface area contributed by atoms with E-state index in [-0.39, 0.29) is 6.04 Å². The molecule has 118 valence electrons. The van der Waals surface area contributed by atoms with Gasteiger partial charge in [0.25, 0.3) is 0 Å². The van der Waals surface area contributed by atoms with E-state index in [1.165, 1.54) is 37.2 Å². The SMILES string of the molecule is CC(C)NC(C)(CCCCSCC1CCCC1)C(=O)O. The highest BCUT2D eigenvalue weighted by atomic mass is 32.2. The Morgan fingerprint density at radius 1 is 1.35 bits per heavy atom. The first-order valence-corrected chi connectivity index (χ1v) is 9.18. The fourth-order valence-electron chi connectivity index (χ4n) is 2.99. The Balaban J connectivity index is 2.12. The van der Waals surface area contributed by atoms with E-state index in [4.69, 9.17) is 0 Å². The van der Waals surface area contributed by atoms with Gasteiger partial charge in [0.15, 0.2) is 0 Å². The molecule has 0 saturated heterocycles. The fraction of sp³-hybridized carbons (Fsp3) is 0.938. The van der Waals surface area contributed by atoms with Gasteiger partial charge in [-0.3, -0.25) is 10.1 Å². The first kappa shape index (κ1) is 17.8. The monoisotopic (exact) mass is 301 g/mol. The minimum absolute atomic E-state index is 0.202. The van der Waals surface area contributed by atoms with E-state index in [0.29, 0.717) is 6.42 Å². The van der Waals surface area contributed by atoms with Crippen LogP contribution in [0.4, 0.5) is 0 Å². The highest BCUT2D eigenvalue weighted by Crippen LogP contribution is 2.28. The number of carboxylic acids is 1. The van der Waals surface area contributed by atoms with E-state index >= 15 is 0 Å². The van der Waals surface area contributed by atoms with Crippen molar-refractivity contribution in [1.82, 2.24) is 5.32 Å². The smallest absolute Gasteiger partial charge is 0.323 e. The molecule has 0 amide bonds. The van der Waals surface area contributed by atoms with Gasteiger partial charge in [-0.2, -0.15) is 11.8 Å². The topological polar surface area (TPSA) is 49.3 Å². The maximum atomic E-state index is 11.4. The van der Waals surface area contributed by atoms with Gasteiger partial charge in [0.05, 0.1) is 0 Å². The lowest BCUT2D eigenvalue weighted by Crippen LogP contribution is -2.52. The molecule has 1 atom stereocenters. The molecule has 0 aromatic carbocycles. The van der Waals surface area contributed by atoms with Crippen LogP contribution in [0, 0.1) is 5.92 Å². The van der Waals surface area contributed by atoms with Crippen molar-refractivity contribution in [2.24, 2.45) is 5.92 Å². The molecule has 0 aliphatic heterocycles. The van der Waals surface area contributed by atoms with Gasteiger partial charge in [0.2, 0.25) is 0 Å². The summed E-state index contributed by atoms with van der Waals surface area (Å²) in [4.78, 5) is 11.4. The number of hydrogen-bond acceptors (Lipinski definition) is 3. The number of nitrogens with one attached hydrogen (secondary N) is 1. The largest absolute Gasteiger partial charge is 0.480 e. The van der Waals surface area contributed by atoms with E-state index in [2.05, 4.69) is 17.1 Å². The highest BCUT2D eigenvalue weighted by Gasteiger charge is 2.32. The Hall–Kier alpha value is -0.220. The van der Waals surface area contributed by atoms with Gasteiger partial charge in [-0.05, 0) is 63.9 Å². The summed E-state index contributed by atoms with van der Waals surface area (Å²) in [7, 11) is 0. The third-order valence-electron chi connectivity index (χ3n) is 4.12. The number of thioether (sulfide) groups is 1. The first-order valence-electron chi connectivity index (χ1n) is 8.03. The molecule has 20 heavy (non-hydrogen) atoms. The minimum atomic E-state index is -0.774. The molecule has 4 heteroatoms. The molecule has 0 aromatic heterocycles. The molecule has 1 aliphatic rings. The van der Waals surface area contributed by atoms with Crippen LogP contribution in [0.25, 0.3) is 0 Å². The molecule has 1 fully saturated rings. The van der Waals surface area contributed by atoms with Crippen molar-refractivity contribution in [1.29, 1.82) is 0 Å². The fourth-order valence-corrected chi connectivity index (χ4v) is 4.23. The Bertz CT molecular complexity index is 290.